The fourth-order valence-electron chi connectivity index (χ4n) is 2.40. The maximum atomic E-state index is 13.6. The summed E-state index contributed by atoms with van der Waals surface area (Å²) in [6, 6.07) is 15.7. The summed E-state index contributed by atoms with van der Waals surface area (Å²) in [6.45, 7) is 3.74. The largest absolute Gasteiger partial charge is 0.322 e. The van der Waals surface area contributed by atoms with E-state index in [0.717, 1.165) is 24.8 Å². The zero-order valence-electron chi connectivity index (χ0n) is 12.2. The Morgan fingerprint density at radius 1 is 1.10 bits per heavy atom. The summed E-state index contributed by atoms with van der Waals surface area (Å²) in [5, 5.41) is 0. The summed E-state index contributed by atoms with van der Waals surface area (Å²) in [6.07, 6.45) is 2.83. The van der Waals surface area contributed by atoms with Crippen molar-refractivity contribution in [3.05, 3.63) is 71.0 Å². The van der Waals surface area contributed by atoms with E-state index in [4.69, 9.17) is 5.73 Å². The topological polar surface area (TPSA) is 26.0 Å². The molecule has 0 aliphatic heterocycles. The van der Waals surface area contributed by atoms with Crippen LogP contribution >= 0.6 is 0 Å². The highest BCUT2D eigenvalue weighted by molar-refractivity contribution is 5.28. The minimum Gasteiger partial charge on any atom is -0.322 e. The minimum absolute atomic E-state index is 0.178. The normalized spacial score (nSPS) is 14.0. The van der Waals surface area contributed by atoms with Crippen molar-refractivity contribution in [3.8, 4) is 0 Å². The number of aryl methyl sites for hydroxylation is 2. The van der Waals surface area contributed by atoms with Gasteiger partial charge in [0.05, 0.1) is 0 Å². The maximum absolute atomic E-state index is 13.6. The summed E-state index contributed by atoms with van der Waals surface area (Å²) < 4.78 is 13.6. The van der Waals surface area contributed by atoms with Gasteiger partial charge in [0.1, 0.15) is 5.82 Å². The van der Waals surface area contributed by atoms with Gasteiger partial charge in [-0.15, -0.1) is 0 Å². The van der Waals surface area contributed by atoms with Gasteiger partial charge >= 0.3 is 0 Å². The Morgan fingerprint density at radius 2 is 1.80 bits per heavy atom. The molecule has 0 heterocycles. The second-order valence-corrected chi connectivity index (χ2v) is 5.72. The molecule has 0 radical (unpaired) electrons. The van der Waals surface area contributed by atoms with Crippen molar-refractivity contribution in [2.24, 2.45) is 5.73 Å². The van der Waals surface area contributed by atoms with Crippen molar-refractivity contribution in [2.45, 2.75) is 38.6 Å². The zero-order valence-corrected chi connectivity index (χ0v) is 12.2. The van der Waals surface area contributed by atoms with Crippen LogP contribution in [-0.4, -0.2) is 0 Å². The third-order valence-corrected chi connectivity index (χ3v) is 3.84. The van der Waals surface area contributed by atoms with E-state index in [1.54, 1.807) is 19.1 Å². The second kappa shape index (κ2) is 6.19. The molecular weight excluding hydrogens is 249 g/mol. The van der Waals surface area contributed by atoms with Crippen LogP contribution in [0.5, 0.6) is 0 Å². The first-order chi connectivity index (χ1) is 9.49. The van der Waals surface area contributed by atoms with Gasteiger partial charge in [0.25, 0.3) is 0 Å². The minimum atomic E-state index is -0.483. The highest BCUT2D eigenvalue weighted by Gasteiger charge is 2.21. The van der Waals surface area contributed by atoms with Gasteiger partial charge in [-0.2, -0.15) is 0 Å². The molecule has 0 saturated heterocycles. The molecule has 0 aliphatic rings. The summed E-state index contributed by atoms with van der Waals surface area (Å²) in [5.74, 6) is -0.178. The molecule has 0 saturated carbocycles. The van der Waals surface area contributed by atoms with Crippen LogP contribution in [0.25, 0.3) is 0 Å². The van der Waals surface area contributed by atoms with E-state index in [1.165, 1.54) is 5.56 Å². The van der Waals surface area contributed by atoms with Crippen LogP contribution in [0.4, 0.5) is 4.39 Å². The van der Waals surface area contributed by atoms with E-state index in [-0.39, 0.29) is 5.82 Å². The van der Waals surface area contributed by atoms with Gasteiger partial charge in [-0.3, -0.25) is 0 Å². The molecule has 2 aromatic rings. The predicted molar refractivity (Wildman–Crippen MR) is 82.1 cm³/mol. The Kier molecular flexibility index (Phi) is 4.56. The molecule has 0 aromatic heterocycles. The van der Waals surface area contributed by atoms with Crippen LogP contribution in [-0.2, 0) is 12.0 Å². The summed E-state index contributed by atoms with van der Waals surface area (Å²) >= 11 is 0. The fraction of sp³-hybridized carbons (Fsp3) is 0.333. The SMILES string of the molecule is Cc1ccc(C(C)(N)CCCc2ccccc2)cc1F. The number of hydrogen-bond acceptors (Lipinski definition) is 1. The molecule has 106 valence electrons. The van der Waals surface area contributed by atoms with E-state index in [2.05, 4.69) is 12.1 Å². The molecule has 0 amide bonds. The van der Waals surface area contributed by atoms with Crippen molar-refractivity contribution in [1.29, 1.82) is 0 Å². The smallest absolute Gasteiger partial charge is 0.126 e. The standard InChI is InChI=1S/C18H22FN/c1-14-10-11-16(13-17(14)19)18(2,20)12-6-9-15-7-4-3-5-8-15/h3-5,7-8,10-11,13H,6,9,12,20H2,1-2H3. The fourth-order valence-corrected chi connectivity index (χ4v) is 2.40. The Hall–Kier alpha value is -1.67. The average Bonchev–Trinajstić information content (AvgIpc) is 2.43. The lowest BCUT2D eigenvalue weighted by atomic mass is 9.87. The molecule has 2 rings (SSSR count). The Morgan fingerprint density at radius 3 is 2.45 bits per heavy atom. The monoisotopic (exact) mass is 271 g/mol. The molecule has 2 N–H and O–H groups in total. The van der Waals surface area contributed by atoms with Gasteiger partial charge in [0.15, 0.2) is 0 Å². The van der Waals surface area contributed by atoms with E-state index in [9.17, 15) is 4.39 Å². The van der Waals surface area contributed by atoms with E-state index in [1.807, 2.05) is 31.2 Å². The lowest BCUT2D eigenvalue weighted by molar-refractivity contribution is 0.433. The molecule has 20 heavy (non-hydrogen) atoms. The summed E-state index contributed by atoms with van der Waals surface area (Å²) in [4.78, 5) is 0. The lowest BCUT2D eigenvalue weighted by Crippen LogP contribution is -2.33. The molecular formula is C18H22FN. The van der Waals surface area contributed by atoms with Crippen LogP contribution in [0, 0.1) is 12.7 Å². The van der Waals surface area contributed by atoms with Crippen LogP contribution < -0.4 is 5.73 Å². The first-order valence-corrected chi connectivity index (χ1v) is 7.08. The highest BCUT2D eigenvalue weighted by Crippen LogP contribution is 2.25. The van der Waals surface area contributed by atoms with E-state index >= 15 is 0 Å². The lowest BCUT2D eigenvalue weighted by Gasteiger charge is -2.25. The Balaban J connectivity index is 1.98. The quantitative estimate of drug-likeness (QED) is 0.860. The molecule has 0 spiro atoms. The Bertz CT molecular complexity index is 561. The van der Waals surface area contributed by atoms with Crippen LogP contribution in [0.1, 0.15) is 36.5 Å². The van der Waals surface area contributed by atoms with Gasteiger partial charge in [0.2, 0.25) is 0 Å². The van der Waals surface area contributed by atoms with Gasteiger partial charge in [0, 0.05) is 5.54 Å². The first kappa shape index (κ1) is 14.7. The number of rotatable bonds is 5. The maximum Gasteiger partial charge on any atom is 0.126 e. The highest BCUT2D eigenvalue weighted by atomic mass is 19.1. The predicted octanol–water partition coefficient (Wildman–Crippen LogP) is 4.33. The van der Waals surface area contributed by atoms with Gasteiger partial charge in [-0.05, 0) is 55.9 Å². The summed E-state index contributed by atoms with van der Waals surface area (Å²) in [7, 11) is 0. The molecule has 0 aliphatic carbocycles. The van der Waals surface area contributed by atoms with E-state index < -0.39 is 5.54 Å². The molecule has 1 unspecified atom stereocenters. The molecule has 1 nitrogen and oxygen atoms in total. The number of halogens is 1. The Labute approximate surface area is 120 Å². The number of benzene rings is 2. The van der Waals surface area contributed by atoms with Gasteiger partial charge < -0.3 is 5.73 Å². The van der Waals surface area contributed by atoms with Crippen molar-refractivity contribution >= 4 is 0 Å². The number of nitrogens with two attached hydrogens (primary N) is 1. The zero-order chi connectivity index (χ0) is 14.6. The first-order valence-electron chi connectivity index (χ1n) is 7.08. The molecule has 0 fully saturated rings. The molecule has 2 aromatic carbocycles. The molecule has 0 bridgehead atoms. The van der Waals surface area contributed by atoms with E-state index in [0.29, 0.717) is 5.56 Å². The van der Waals surface area contributed by atoms with Crippen LogP contribution in [0.2, 0.25) is 0 Å². The second-order valence-electron chi connectivity index (χ2n) is 5.72. The van der Waals surface area contributed by atoms with Crippen LogP contribution in [0.15, 0.2) is 48.5 Å². The summed E-state index contributed by atoms with van der Waals surface area (Å²) in [5.41, 5.74) is 8.72. The molecule has 2 heteroatoms. The van der Waals surface area contributed by atoms with Crippen molar-refractivity contribution in [1.82, 2.24) is 0 Å². The average molecular weight is 271 g/mol. The molecule has 1 atom stereocenters. The van der Waals surface area contributed by atoms with Gasteiger partial charge in [-0.1, -0.05) is 42.5 Å². The van der Waals surface area contributed by atoms with Crippen LogP contribution in [0.3, 0.4) is 0 Å². The van der Waals surface area contributed by atoms with Crippen molar-refractivity contribution in [3.63, 3.8) is 0 Å². The third kappa shape index (κ3) is 3.67. The number of hydrogen-bond donors (Lipinski definition) is 1. The van der Waals surface area contributed by atoms with Crippen molar-refractivity contribution in [2.75, 3.05) is 0 Å². The van der Waals surface area contributed by atoms with Gasteiger partial charge in [-0.25, -0.2) is 4.39 Å². The van der Waals surface area contributed by atoms with Crippen molar-refractivity contribution < 1.29 is 4.39 Å². The third-order valence-electron chi connectivity index (χ3n) is 3.84.